The average Bonchev–Trinajstić information content (AvgIpc) is 3.12. The summed E-state index contributed by atoms with van der Waals surface area (Å²) in [6, 6.07) is 0. The van der Waals surface area contributed by atoms with Gasteiger partial charge in [0.15, 0.2) is 5.82 Å². The number of aromatic nitrogens is 2. The van der Waals surface area contributed by atoms with E-state index < -0.39 is 0 Å². The van der Waals surface area contributed by atoms with E-state index in [4.69, 9.17) is 4.52 Å². The summed E-state index contributed by atoms with van der Waals surface area (Å²) < 4.78 is 5.15. The van der Waals surface area contributed by atoms with Gasteiger partial charge in [-0.05, 0) is 25.7 Å². The molecular weight excluding hydrogens is 268 g/mol. The Hall–Kier alpha value is -1.43. The molecule has 1 aromatic heterocycles. The molecule has 3 rings (SSSR count). The topological polar surface area (TPSA) is 62.5 Å². The van der Waals surface area contributed by atoms with E-state index in [2.05, 4.69) is 15.0 Å². The number of hydrogen-bond donors (Lipinski definition) is 0. The Kier molecular flexibility index (Phi) is 4.53. The number of aryl methyl sites for hydroxylation is 1. The molecule has 0 atom stereocenters. The summed E-state index contributed by atoms with van der Waals surface area (Å²) in [5.41, 5.74) is 0. The number of hydrogen-bond acceptors (Lipinski definition) is 5. The fourth-order valence-corrected chi connectivity index (χ4v) is 3.34. The minimum Gasteiger partial charge on any atom is -0.340 e. The lowest BCUT2D eigenvalue weighted by atomic mass is 10.0. The van der Waals surface area contributed by atoms with Gasteiger partial charge in [0.1, 0.15) is 0 Å². The van der Waals surface area contributed by atoms with Crippen LogP contribution < -0.4 is 0 Å². The van der Waals surface area contributed by atoms with Gasteiger partial charge in [-0.3, -0.25) is 9.69 Å². The van der Waals surface area contributed by atoms with Gasteiger partial charge in [-0.15, -0.1) is 0 Å². The molecule has 1 saturated carbocycles. The Morgan fingerprint density at radius 3 is 2.57 bits per heavy atom. The number of piperazine rings is 1. The summed E-state index contributed by atoms with van der Waals surface area (Å²) >= 11 is 0. The van der Waals surface area contributed by atoms with Gasteiger partial charge in [-0.25, -0.2) is 0 Å². The zero-order valence-corrected chi connectivity index (χ0v) is 12.8. The molecule has 1 aliphatic heterocycles. The van der Waals surface area contributed by atoms with Crippen LogP contribution in [0.25, 0.3) is 0 Å². The zero-order valence-electron chi connectivity index (χ0n) is 12.8. The first-order valence-corrected chi connectivity index (χ1v) is 8.00. The summed E-state index contributed by atoms with van der Waals surface area (Å²) in [6.45, 7) is 5.92. The van der Waals surface area contributed by atoms with Gasteiger partial charge in [-0.2, -0.15) is 4.98 Å². The predicted molar refractivity (Wildman–Crippen MR) is 77.5 cm³/mol. The van der Waals surface area contributed by atoms with Gasteiger partial charge in [0.25, 0.3) is 0 Å². The summed E-state index contributed by atoms with van der Waals surface area (Å²) in [6.07, 6.45) is 5.83. The highest BCUT2D eigenvalue weighted by Crippen LogP contribution is 2.28. The summed E-state index contributed by atoms with van der Waals surface area (Å²) in [7, 11) is 0. The lowest BCUT2D eigenvalue weighted by Crippen LogP contribution is -2.48. The van der Waals surface area contributed by atoms with Crippen molar-refractivity contribution in [3.05, 3.63) is 11.7 Å². The van der Waals surface area contributed by atoms with Crippen LogP contribution in [0.1, 0.15) is 43.8 Å². The van der Waals surface area contributed by atoms with Crippen LogP contribution in [0.15, 0.2) is 4.52 Å². The quantitative estimate of drug-likeness (QED) is 0.843. The first kappa shape index (κ1) is 14.5. The fourth-order valence-electron chi connectivity index (χ4n) is 3.34. The van der Waals surface area contributed by atoms with E-state index in [9.17, 15) is 4.79 Å². The van der Waals surface area contributed by atoms with Crippen molar-refractivity contribution in [3.63, 3.8) is 0 Å². The monoisotopic (exact) mass is 292 g/mol. The zero-order chi connectivity index (χ0) is 14.7. The highest BCUT2D eigenvalue weighted by Gasteiger charge is 2.25. The van der Waals surface area contributed by atoms with Crippen LogP contribution >= 0.6 is 0 Å². The third-order valence-corrected chi connectivity index (χ3v) is 4.59. The van der Waals surface area contributed by atoms with E-state index in [1.807, 2.05) is 11.8 Å². The van der Waals surface area contributed by atoms with Gasteiger partial charge in [0, 0.05) is 32.6 Å². The van der Waals surface area contributed by atoms with E-state index >= 15 is 0 Å². The fraction of sp³-hybridized carbons (Fsp3) is 0.800. The largest absolute Gasteiger partial charge is 0.340 e. The molecule has 0 unspecified atom stereocenters. The van der Waals surface area contributed by atoms with E-state index in [1.165, 1.54) is 25.7 Å². The van der Waals surface area contributed by atoms with Crippen LogP contribution in [0.5, 0.6) is 0 Å². The molecule has 6 nitrogen and oxygen atoms in total. The Morgan fingerprint density at radius 1 is 1.24 bits per heavy atom. The maximum absolute atomic E-state index is 12.3. The SMILES string of the molecule is Cc1noc(CN2CCN(C(=O)CC3CCCC3)CC2)n1. The molecule has 2 aliphatic rings. The molecule has 2 fully saturated rings. The number of rotatable bonds is 4. The van der Waals surface area contributed by atoms with Crippen molar-refractivity contribution in [2.45, 2.75) is 45.6 Å². The van der Waals surface area contributed by atoms with E-state index in [1.54, 1.807) is 0 Å². The molecule has 0 spiro atoms. The van der Waals surface area contributed by atoms with Crippen molar-refractivity contribution in [3.8, 4) is 0 Å². The molecule has 0 N–H and O–H groups in total. The number of carbonyl (C=O) groups is 1. The molecule has 0 radical (unpaired) electrons. The first-order valence-electron chi connectivity index (χ1n) is 8.00. The molecule has 1 amide bonds. The van der Waals surface area contributed by atoms with Gasteiger partial charge in [0.05, 0.1) is 6.54 Å². The van der Waals surface area contributed by atoms with Gasteiger partial charge in [0.2, 0.25) is 11.8 Å². The highest BCUT2D eigenvalue weighted by molar-refractivity contribution is 5.76. The van der Waals surface area contributed by atoms with Gasteiger partial charge in [-0.1, -0.05) is 18.0 Å². The van der Waals surface area contributed by atoms with E-state index in [-0.39, 0.29) is 0 Å². The first-order chi connectivity index (χ1) is 10.2. The Morgan fingerprint density at radius 2 is 1.95 bits per heavy atom. The third kappa shape index (κ3) is 3.81. The van der Waals surface area contributed by atoms with Crippen LogP contribution in [-0.2, 0) is 11.3 Å². The van der Waals surface area contributed by atoms with Crippen LogP contribution in [0.2, 0.25) is 0 Å². The van der Waals surface area contributed by atoms with Crippen molar-refractivity contribution >= 4 is 5.91 Å². The van der Waals surface area contributed by atoms with Crippen LogP contribution in [-0.4, -0.2) is 52.0 Å². The molecule has 2 heterocycles. The van der Waals surface area contributed by atoms with Gasteiger partial charge >= 0.3 is 0 Å². The predicted octanol–water partition coefficient (Wildman–Crippen LogP) is 1.60. The Bertz CT molecular complexity index is 474. The normalized spacial score (nSPS) is 21.1. The molecule has 1 aliphatic carbocycles. The van der Waals surface area contributed by atoms with Crippen LogP contribution in [0, 0.1) is 12.8 Å². The Labute approximate surface area is 125 Å². The van der Waals surface area contributed by atoms with Crippen molar-refractivity contribution in [2.75, 3.05) is 26.2 Å². The van der Waals surface area contributed by atoms with E-state index in [0.717, 1.165) is 32.6 Å². The maximum Gasteiger partial charge on any atom is 0.240 e. The molecule has 0 aromatic carbocycles. The molecule has 6 heteroatoms. The Balaban J connectivity index is 1.42. The molecular formula is C15H24N4O2. The van der Waals surface area contributed by atoms with Crippen molar-refractivity contribution in [2.24, 2.45) is 5.92 Å². The molecule has 0 bridgehead atoms. The van der Waals surface area contributed by atoms with Crippen molar-refractivity contribution in [1.82, 2.24) is 19.9 Å². The van der Waals surface area contributed by atoms with E-state index in [0.29, 0.717) is 30.1 Å². The minimum atomic E-state index is 0.343. The number of nitrogens with zero attached hydrogens (tertiary/aromatic N) is 4. The lowest BCUT2D eigenvalue weighted by molar-refractivity contribution is -0.134. The number of carbonyl (C=O) groups excluding carboxylic acids is 1. The van der Waals surface area contributed by atoms with Crippen LogP contribution in [0.4, 0.5) is 0 Å². The van der Waals surface area contributed by atoms with Crippen molar-refractivity contribution < 1.29 is 9.32 Å². The highest BCUT2D eigenvalue weighted by atomic mass is 16.5. The smallest absolute Gasteiger partial charge is 0.240 e. The molecule has 1 saturated heterocycles. The second-order valence-electron chi connectivity index (χ2n) is 6.25. The molecule has 1 aromatic rings. The molecule has 116 valence electrons. The summed E-state index contributed by atoms with van der Waals surface area (Å²) in [4.78, 5) is 20.8. The standard InChI is InChI=1S/C15H24N4O2/c1-12-16-14(21-17-12)11-18-6-8-19(9-7-18)15(20)10-13-4-2-3-5-13/h13H,2-11H2,1H3. The second kappa shape index (κ2) is 6.56. The maximum atomic E-state index is 12.3. The summed E-state index contributed by atoms with van der Waals surface area (Å²) in [5, 5.41) is 3.81. The second-order valence-corrected chi connectivity index (χ2v) is 6.25. The molecule has 21 heavy (non-hydrogen) atoms. The lowest BCUT2D eigenvalue weighted by Gasteiger charge is -2.34. The van der Waals surface area contributed by atoms with Gasteiger partial charge < -0.3 is 9.42 Å². The minimum absolute atomic E-state index is 0.343. The third-order valence-electron chi connectivity index (χ3n) is 4.59. The van der Waals surface area contributed by atoms with Crippen molar-refractivity contribution in [1.29, 1.82) is 0 Å². The average molecular weight is 292 g/mol. The van der Waals surface area contributed by atoms with Crippen LogP contribution in [0.3, 0.4) is 0 Å². The summed E-state index contributed by atoms with van der Waals surface area (Å²) in [5.74, 6) is 2.32. The number of amides is 1.